The van der Waals surface area contributed by atoms with Gasteiger partial charge in [0.1, 0.15) is 30.0 Å². The highest BCUT2D eigenvalue weighted by Gasteiger charge is 2.46. The lowest BCUT2D eigenvalue weighted by molar-refractivity contribution is -0.0124. The summed E-state index contributed by atoms with van der Waals surface area (Å²) in [6.07, 6.45) is 1.74. The number of hydrogen-bond acceptors (Lipinski definition) is 8. The summed E-state index contributed by atoms with van der Waals surface area (Å²) in [4.78, 5) is 40.5. The SMILES string of the molecule is CC(C)(C)OC(=O)N1C[C@@](O)(CO)C[C@H]1COc1c(F)c(F)cc2c(=O)c(C(=O)OCc3ccccc3)cn(C3CC3)c12. The van der Waals surface area contributed by atoms with Gasteiger partial charge in [0.2, 0.25) is 11.2 Å². The van der Waals surface area contributed by atoms with Gasteiger partial charge >= 0.3 is 12.1 Å². The van der Waals surface area contributed by atoms with E-state index < -0.39 is 65.3 Å². The van der Waals surface area contributed by atoms with Crippen molar-refractivity contribution in [3.05, 3.63) is 75.6 Å². The molecular weight excluding hydrogens is 566 g/mol. The van der Waals surface area contributed by atoms with Crippen LogP contribution in [0, 0.1) is 11.6 Å². The van der Waals surface area contributed by atoms with Gasteiger partial charge in [0.05, 0.1) is 30.1 Å². The van der Waals surface area contributed by atoms with Gasteiger partial charge in [0.25, 0.3) is 0 Å². The molecule has 1 aromatic heterocycles. The van der Waals surface area contributed by atoms with E-state index in [2.05, 4.69) is 0 Å². The molecule has 2 fully saturated rings. The van der Waals surface area contributed by atoms with Crippen LogP contribution in [0.2, 0.25) is 0 Å². The molecule has 2 heterocycles. The summed E-state index contributed by atoms with van der Waals surface area (Å²) in [7, 11) is 0. The minimum atomic E-state index is -1.65. The largest absolute Gasteiger partial charge is 0.486 e. The van der Waals surface area contributed by atoms with Gasteiger partial charge in [0, 0.05) is 18.7 Å². The molecule has 12 heteroatoms. The molecule has 2 N–H and O–H groups in total. The topological polar surface area (TPSA) is 128 Å². The average Bonchev–Trinajstić information content (AvgIpc) is 3.74. The number of carbonyl (C=O) groups excluding carboxylic acids is 2. The molecule has 2 aromatic carbocycles. The Morgan fingerprint density at radius 2 is 1.84 bits per heavy atom. The van der Waals surface area contributed by atoms with Crippen LogP contribution in [0.3, 0.4) is 0 Å². The van der Waals surface area contributed by atoms with Crippen LogP contribution < -0.4 is 10.2 Å². The van der Waals surface area contributed by atoms with Gasteiger partial charge in [-0.05, 0) is 45.2 Å². The molecule has 1 aliphatic heterocycles. The number of rotatable bonds is 8. The van der Waals surface area contributed by atoms with E-state index in [1.165, 1.54) is 15.7 Å². The molecule has 3 aromatic rings. The maximum Gasteiger partial charge on any atom is 0.410 e. The summed E-state index contributed by atoms with van der Waals surface area (Å²) in [6, 6.07) is 8.55. The van der Waals surface area contributed by atoms with Gasteiger partial charge in [-0.2, -0.15) is 4.39 Å². The molecule has 2 atom stereocenters. The Morgan fingerprint density at radius 3 is 2.47 bits per heavy atom. The van der Waals surface area contributed by atoms with Crippen LogP contribution in [0.4, 0.5) is 13.6 Å². The number of β-amino-alcohol motifs (C(OH)–C–C–N with tert-alkyl or cyclic N) is 1. The number of ether oxygens (including phenoxy) is 3. The first-order chi connectivity index (χ1) is 20.3. The van der Waals surface area contributed by atoms with E-state index in [1.54, 1.807) is 45.0 Å². The number of esters is 1. The Hall–Kier alpha value is -4.03. The second kappa shape index (κ2) is 11.6. The number of likely N-dealkylation sites (tertiary alicyclic amines) is 1. The molecule has 2 aliphatic rings. The van der Waals surface area contributed by atoms with Crippen molar-refractivity contribution in [1.29, 1.82) is 0 Å². The Labute approximate surface area is 246 Å². The van der Waals surface area contributed by atoms with E-state index >= 15 is 4.39 Å². The highest BCUT2D eigenvalue weighted by molar-refractivity contribution is 5.95. The highest BCUT2D eigenvalue weighted by atomic mass is 19.2. The van der Waals surface area contributed by atoms with Crippen LogP contribution in [-0.2, 0) is 16.1 Å². The first-order valence-electron chi connectivity index (χ1n) is 14.0. The quantitative estimate of drug-likeness (QED) is 0.371. The number of carbonyl (C=O) groups is 2. The third-order valence-electron chi connectivity index (χ3n) is 7.40. The molecule has 230 valence electrons. The summed E-state index contributed by atoms with van der Waals surface area (Å²) >= 11 is 0. The zero-order valence-corrected chi connectivity index (χ0v) is 24.1. The molecular formula is C31H34F2N2O8. The molecule has 0 radical (unpaired) electrons. The number of aromatic nitrogens is 1. The van der Waals surface area contributed by atoms with E-state index in [9.17, 15) is 29.0 Å². The van der Waals surface area contributed by atoms with E-state index in [1.807, 2.05) is 6.07 Å². The molecule has 1 saturated carbocycles. The summed E-state index contributed by atoms with van der Waals surface area (Å²) < 4.78 is 48.4. The maximum absolute atomic E-state index is 15.4. The highest BCUT2D eigenvalue weighted by Crippen LogP contribution is 2.41. The van der Waals surface area contributed by atoms with Crippen molar-refractivity contribution in [3.63, 3.8) is 0 Å². The number of aliphatic hydroxyl groups is 2. The van der Waals surface area contributed by atoms with Gasteiger partial charge in [-0.3, -0.25) is 9.69 Å². The van der Waals surface area contributed by atoms with Crippen LogP contribution in [-0.4, -0.2) is 68.7 Å². The van der Waals surface area contributed by atoms with E-state index in [0.29, 0.717) is 18.4 Å². The third kappa shape index (κ3) is 6.50. The fraction of sp³-hybridized carbons (Fsp3) is 0.452. The zero-order valence-electron chi connectivity index (χ0n) is 24.1. The smallest absolute Gasteiger partial charge is 0.410 e. The summed E-state index contributed by atoms with van der Waals surface area (Å²) in [6.45, 7) is 3.61. The maximum atomic E-state index is 15.4. The van der Waals surface area contributed by atoms with Crippen molar-refractivity contribution >= 4 is 23.0 Å². The number of nitrogens with zero attached hydrogens (tertiary/aromatic N) is 2. The number of hydrogen-bond donors (Lipinski definition) is 2. The predicted octanol–water partition coefficient (Wildman–Crippen LogP) is 4.08. The fourth-order valence-electron chi connectivity index (χ4n) is 5.19. The van der Waals surface area contributed by atoms with Crippen LogP contribution in [0.5, 0.6) is 5.75 Å². The van der Waals surface area contributed by atoms with Crippen LogP contribution >= 0.6 is 0 Å². The second-order valence-corrected chi connectivity index (χ2v) is 12.1. The van der Waals surface area contributed by atoms with Crippen molar-refractivity contribution in [2.75, 3.05) is 19.8 Å². The number of benzene rings is 2. The van der Waals surface area contributed by atoms with Crippen LogP contribution in [0.15, 0.2) is 47.4 Å². The van der Waals surface area contributed by atoms with E-state index in [0.717, 1.165) is 6.07 Å². The Kier molecular flexibility index (Phi) is 8.19. The van der Waals surface area contributed by atoms with E-state index in [4.69, 9.17) is 14.2 Å². The van der Waals surface area contributed by atoms with Crippen LogP contribution in [0.1, 0.15) is 62.0 Å². The lowest BCUT2D eigenvalue weighted by atomic mass is 10.0. The Bertz CT molecular complexity index is 1600. The van der Waals surface area contributed by atoms with Crippen molar-refractivity contribution in [3.8, 4) is 5.75 Å². The lowest BCUT2D eigenvalue weighted by Crippen LogP contribution is -2.43. The number of fused-ring (bicyclic) bond motifs is 1. The molecule has 0 bridgehead atoms. The molecule has 43 heavy (non-hydrogen) atoms. The summed E-state index contributed by atoms with van der Waals surface area (Å²) in [5, 5.41) is 20.2. The second-order valence-electron chi connectivity index (χ2n) is 12.1. The predicted molar refractivity (Wildman–Crippen MR) is 151 cm³/mol. The van der Waals surface area contributed by atoms with Gasteiger partial charge in [-0.25, -0.2) is 14.0 Å². The molecule has 1 saturated heterocycles. The van der Waals surface area contributed by atoms with Gasteiger partial charge in [-0.1, -0.05) is 30.3 Å². The average molecular weight is 601 g/mol. The molecule has 10 nitrogen and oxygen atoms in total. The monoisotopic (exact) mass is 600 g/mol. The van der Waals surface area contributed by atoms with Crippen molar-refractivity contribution in [2.24, 2.45) is 0 Å². The molecule has 0 spiro atoms. The lowest BCUT2D eigenvalue weighted by Gasteiger charge is -2.28. The third-order valence-corrected chi connectivity index (χ3v) is 7.40. The minimum Gasteiger partial charge on any atom is -0.486 e. The minimum absolute atomic E-state index is 0.0368. The number of halogens is 2. The number of aliphatic hydroxyl groups excluding tert-OH is 1. The fourth-order valence-corrected chi connectivity index (χ4v) is 5.19. The first-order valence-corrected chi connectivity index (χ1v) is 14.0. The Balaban J connectivity index is 1.49. The molecule has 0 unspecified atom stereocenters. The van der Waals surface area contributed by atoms with Gasteiger partial charge in [0.15, 0.2) is 11.6 Å². The molecule has 1 aliphatic carbocycles. The zero-order chi connectivity index (χ0) is 31.1. The number of pyridine rings is 1. The number of amides is 1. The van der Waals surface area contributed by atoms with Crippen molar-refractivity contribution in [2.45, 2.75) is 69.9 Å². The van der Waals surface area contributed by atoms with E-state index in [-0.39, 0.29) is 42.1 Å². The Morgan fingerprint density at radius 1 is 1.14 bits per heavy atom. The van der Waals surface area contributed by atoms with Crippen molar-refractivity contribution < 1.29 is 42.8 Å². The summed E-state index contributed by atoms with van der Waals surface area (Å²) in [5.74, 6) is -4.18. The van der Waals surface area contributed by atoms with Crippen molar-refractivity contribution in [1.82, 2.24) is 9.47 Å². The standard InChI is InChI=1S/C31H34F2N2O8/c1-30(2,3)43-29(39)35-16-31(40,17-36)12-20(35)15-41-27-24(33)23(32)11-21-25(27)34(19-9-10-19)13-22(26(21)37)28(38)42-14-18-7-5-4-6-8-18/h4-8,11,13,19-20,36,40H,9-10,12,14-17H2,1-3H3/t20-,31+/m0/s1. The normalized spacial score (nSPS) is 20.3. The molecule has 1 amide bonds. The first kappa shape index (κ1) is 30.4. The molecule has 5 rings (SSSR count). The summed E-state index contributed by atoms with van der Waals surface area (Å²) in [5.41, 5.74) is -3.01. The van der Waals surface area contributed by atoms with Gasteiger partial charge < -0.3 is 29.0 Å². The van der Waals surface area contributed by atoms with Gasteiger partial charge in [-0.15, -0.1) is 0 Å². The van der Waals surface area contributed by atoms with Crippen LogP contribution in [0.25, 0.3) is 10.9 Å².